The van der Waals surface area contributed by atoms with Gasteiger partial charge >= 0.3 is 18.2 Å². The third kappa shape index (κ3) is 3.94. The molecule has 1 saturated carbocycles. The van der Waals surface area contributed by atoms with E-state index in [2.05, 4.69) is 5.32 Å². The number of rotatable bonds is 4. The smallest absolute Gasteiger partial charge is 0.416 e. The minimum absolute atomic E-state index is 0.164. The van der Waals surface area contributed by atoms with Crippen LogP contribution in [-0.2, 0) is 16.4 Å². The van der Waals surface area contributed by atoms with E-state index in [1.807, 2.05) is 0 Å². The summed E-state index contributed by atoms with van der Waals surface area (Å²) in [5, 5.41) is 11.9. The summed E-state index contributed by atoms with van der Waals surface area (Å²) in [4.78, 5) is 24.9. The number of alkyl halides is 3. The van der Waals surface area contributed by atoms with Crippen LogP contribution in [0.2, 0.25) is 0 Å². The first-order valence-corrected chi connectivity index (χ1v) is 8.65. The summed E-state index contributed by atoms with van der Waals surface area (Å²) >= 11 is 0. The van der Waals surface area contributed by atoms with Crippen molar-refractivity contribution in [2.24, 2.45) is 5.92 Å². The molecule has 26 heavy (non-hydrogen) atoms. The van der Waals surface area contributed by atoms with Crippen LogP contribution in [0.1, 0.15) is 36.8 Å². The number of hydrogen-bond acceptors (Lipinski definition) is 2. The van der Waals surface area contributed by atoms with Gasteiger partial charge < -0.3 is 15.3 Å². The molecule has 1 atom stereocenters. The lowest BCUT2D eigenvalue weighted by Crippen LogP contribution is -2.48. The number of benzene rings is 1. The van der Waals surface area contributed by atoms with Crippen molar-refractivity contribution in [2.75, 3.05) is 19.6 Å². The molecule has 1 unspecified atom stereocenters. The summed E-state index contributed by atoms with van der Waals surface area (Å²) in [6, 6.07) is 4.89. The molecule has 142 valence electrons. The molecule has 8 heteroatoms. The van der Waals surface area contributed by atoms with E-state index < -0.39 is 29.0 Å². The molecule has 1 aromatic carbocycles. The number of aliphatic carboxylic acids is 1. The van der Waals surface area contributed by atoms with Crippen LogP contribution in [0.3, 0.4) is 0 Å². The fraction of sp³-hybridized carbons (Fsp3) is 0.556. The van der Waals surface area contributed by atoms with E-state index in [1.54, 1.807) is 6.07 Å². The zero-order valence-electron chi connectivity index (χ0n) is 14.2. The third-order valence-electron chi connectivity index (χ3n) is 5.29. The van der Waals surface area contributed by atoms with Crippen molar-refractivity contribution in [3.63, 3.8) is 0 Å². The fourth-order valence-corrected chi connectivity index (χ4v) is 3.46. The van der Waals surface area contributed by atoms with Crippen molar-refractivity contribution < 1.29 is 27.9 Å². The van der Waals surface area contributed by atoms with E-state index in [4.69, 9.17) is 5.11 Å². The Balaban J connectivity index is 1.62. The van der Waals surface area contributed by atoms with E-state index in [9.17, 15) is 22.8 Å². The Morgan fingerprint density at radius 1 is 1.31 bits per heavy atom. The topological polar surface area (TPSA) is 69.6 Å². The number of nitrogens with one attached hydrogen (secondary N) is 1. The number of amides is 2. The zero-order chi connectivity index (χ0) is 18.9. The normalized spacial score (nSPS) is 22.0. The van der Waals surface area contributed by atoms with Gasteiger partial charge in [0.05, 0.1) is 11.5 Å². The highest BCUT2D eigenvalue weighted by molar-refractivity contribution is 5.76. The first-order chi connectivity index (χ1) is 12.2. The van der Waals surface area contributed by atoms with Crippen molar-refractivity contribution in [2.45, 2.75) is 37.3 Å². The van der Waals surface area contributed by atoms with Crippen molar-refractivity contribution in [3.05, 3.63) is 35.4 Å². The SMILES string of the molecule is O=C(O)C1CCCN(C(=O)NCC2(c3cccc(C(F)(F)F)c3)CC2)C1. The molecule has 2 amide bonds. The van der Waals surface area contributed by atoms with Crippen molar-refractivity contribution in [1.82, 2.24) is 10.2 Å². The molecule has 2 aliphatic rings. The van der Waals surface area contributed by atoms with E-state index in [0.717, 1.165) is 12.1 Å². The Hall–Kier alpha value is -2.25. The lowest BCUT2D eigenvalue weighted by Gasteiger charge is -2.31. The number of halogens is 3. The van der Waals surface area contributed by atoms with Crippen LogP contribution in [0, 0.1) is 5.92 Å². The van der Waals surface area contributed by atoms with E-state index in [-0.39, 0.29) is 19.1 Å². The van der Waals surface area contributed by atoms with Gasteiger partial charge in [0.15, 0.2) is 0 Å². The number of carbonyl (C=O) groups is 2. The lowest BCUT2D eigenvalue weighted by atomic mass is 9.94. The Morgan fingerprint density at radius 2 is 2.04 bits per heavy atom. The van der Waals surface area contributed by atoms with Crippen LogP contribution >= 0.6 is 0 Å². The van der Waals surface area contributed by atoms with Crippen LogP contribution in [0.5, 0.6) is 0 Å². The highest BCUT2D eigenvalue weighted by Crippen LogP contribution is 2.48. The second kappa shape index (κ2) is 6.81. The van der Waals surface area contributed by atoms with Crippen molar-refractivity contribution in [3.8, 4) is 0 Å². The maximum absolute atomic E-state index is 12.9. The van der Waals surface area contributed by atoms with Crippen LogP contribution in [-0.4, -0.2) is 41.6 Å². The van der Waals surface area contributed by atoms with E-state index >= 15 is 0 Å². The quantitative estimate of drug-likeness (QED) is 0.855. The van der Waals surface area contributed by atoms with E-state index in [1.165, 1.54) is 11.0 Å². The largest absolute Gasteiger partial charge is 0.481 e. The molecule has 0 bridgehead atoms. The molecular formula is C18H21F3N2O3. The number of piperidine rings is 1. The molecule has 1 saturated heterocycles. The number of nitrogens with zero attached hydrogens (tertiary/aromatic N) is 1. The molecule has 0 spiro atoms. The number of urea groups is 1. The first kappa shape index (κ1) is 18.5. The van der Waals surface area contributed by atoms with Gasteiger partial charge in [0, 0.05) is 25.0 Å². The Labute approximate surface area is 149 Å². The highest BCUT2D eigenvalue weighted by atomic mass is 19.4. The minimum atomic E-state index is -4.39. The Morgan fingerprint density at radius 3 is 2.65 bits per heavy atom. The molecule has 2 N–H and O–H groups in total. The average Bonchev–Trinajstić information content (AvgIpc) is 3.40. The molecule has 1 heterocycles. The predicted molar refractivity (Wildman–Crippen MR) is 87.7 cm³/mol. The van der Waals surface area contributed by atoms with Gasteiger partial charge in [-0.2, -0.15) is 13.2 Å². The number of carbonyl (C=O) groups excluding carboxylic acids is 1. The number of carboxylic acids is 1. The Bertz CT molecular complexity index is 701. The molecule has 5 nitrogen and oxygen atoms in total. The highest BCUT2D eigenvalue weighted by Gasteiger charge is 2.45. The minimum Gasteiger partial charge on any atom is -0.481 e. The van der Waals surface area contributed by atoms with Gasteiger partial charge in [0.25, 0.3) is 0 Å². The summed E-state index contributed by atoms with van der Waals surface area (Å²) in [6.45, 7) is 0.908. The third-order valence-corrected chi connectivity index (χ3v) is 5.29. The van der Waals surface area contributed by atoms with Gasteiger partial charge in [-0.3, -0.25) is 4.79 Å². The first-order valence-electron chi connectivity index (χ1n) is 8.65. The molecule has 0 radical (unpaired) electrons. The maximum Gasteiger partial charge on any atom is 0.416 e. The molecule has 1 aromatic rings. The van der Waals surface area contributed by atoms with Gasteiger partial charge in [0.1, 0.15) is 0 Å². The molecule has 3 rings (SSSR count). The zero-order valence-corrected chi connectivity index (χ0v) is 14.2. The fourth-order valence-electron chi connectivity index (χ4n) is 3.46. The molecule has 2 fully saturated rings. The number of hydrogen-bond donors (Lipinski definition) is 2. The summed E-state index contributed by atoms with van der Waals surface area (Å²) in [5.41, 5.74) is -0.568. The summed E-state index contributed by atoms with van der Waals surface area (Å²) in [7, 11) is 0. The van der Waals surface area contributed by atoms with Gasteiger partial charge in [0.2, 0.25) is 0 Å². The second-order valence-electron chi connectivity index (χ2n) is 7.14. The Kier molecular flexibility index (Phi) is 4.86. The number of likely N-dealkylation sites (tertiary alicyclic amines) is 1. The second-order valence-corrected chi connectivity index (χ2v) is 7.14. The molecular weight excluding hydrogens is 349 g/mol. The standard InChI is InChI=1S/C18H21F3N2O3/c19-18(20,21)14-5-1-4-13(9-14)17(6-7-17)11-22-16(26)23-8-2-3-12(10-23)15(24)25/h1,4-5,9,12H,2-3,6-8,10-11H2,(H,22,26)(H,24,25). The predicted octanol–water partition coefficient (Wildman–Crippen LogP) is 3.24. The van der Waals surface area contributed by atoms with Crippen molar-refractivity contribution in [1.29, 1.82) is 0 Å². The summed E-state index contributed by atoms with van der Waals surface area (Å²) < 4.78 is 38.7. The van der Waals surface area contributed by atoms with Crippen LogP contribution in [0.25, 0.3) is 0 Å². The van der Waals surface area contributed by atoms with Gasteiger partial charge in [-0.05, 0) is 37.3 Å². The van der Waals surface area contributed by atoms with E-state index in [0.29, 0.717) is 37.8 Å². The molecule has 1 aliphatic heterocycles. The lowest BCUT2D eigenvalue weighted by molar-refractivity contribution is -0.143. The van der Waals surface area contributed by atoms with Crippen LogP contribution < -0.4 is 5.32 Å². The summed E-state index contributed by atoms with van der Waals surface area (Å²) in [6.07, 6.45) is -1.79. The average molecular weight is 370 g/mol. The monoisotopic (exact) mass is 370 g/mol. The van der Waals surface area contributed by atoms with Crippen LogP contribution in [0.15, 0.2) is 24.3 Å². The maximum atomic E-state index is 12.9. The van der Waals surface area contributed by atoms with Gasteiger partial charge in [-0.1, -0.05) is 18.2 Å². The van der Waals surface area contributed by atoms with Gasteiger partial charge in [-0.15, -0.1) is 0 Å². The summed E-state index contributed by atoms with van der Waals surface area (Å²) in [5.74, 6) is -1.47. The number of carboxylic acid groups (broad SMARTS) is 1. The van der Waals surface area contributed by atoms with Crippen LogP contribution in [0.4, 0.5) is 18.0 Å². The molecule has 1 aliphatic carbocycles. The van der Waals surface area contributed by atoms with Gasteiger partial charge in [-0.25, -0.2) is 4.79 Å². The van der Waals surface area contributed by atoms with Crippen molar-refractivity contribution >= 4 is 12.0 Å². The molecule has 0 aromatic heterocycles.